The average molecular weight is 435 g/mol. The van der Waals surface area contributed by atoms with Crippen LogP contribution in [0.4, 0.5) is 5.69 Å². The fraction of sp³-hybridized carbons (Fsp3) is 0.385. The molecule has 1 N–H and O–H groups in total. The number of benzene rings is 2. The third kappa shape index (κ3) is 4.42. The Balaban J connectivity index is 1.56. The smallest absolute Gasteiger partial charge is 0.264 e. The molecule has 2 aromatic carbocycles. The normalized spacial score (nSPS) is 24.8. The van der Waals surface area contributed by atoms with Gasteiger partial charge in [0.15, 0.2) is 0 Å². The highest BCUT2D eigenvalue weighted by atomic mass is 32.2. The maximum atomic E-state index is 13.0. The minimum Gasteiger partial charge on any atom is -0.349 e. The van der Waals surface area contributed by atoms with E-state index < -0.39 is 0 Å². The Hall–Kier alpha value is -2.53. The number of thioether (sulfide) groups is 1. The lowest BCUT2D eigenvalue weighted by molar-refractivity contribution is -0.114. The molecule has 1 fully saturated rings. The molecule has 4 rings (SSSR count). The van der Waals surface area contributed by atoms with Crippen LogP contribution >= 0.6 is 11.8 Å². The van der Waals surface area contributed by atoms with E-state index in [1.54, 1.807) is 11.9 Å². The summed E-state index contributed by atoms with van der Waals surface area (Å²) in [5.41, 5.74) is 3.57. The van der Waals surface area contributed by atoms with Crippen LogP contribution in [0.3, 0.4) is 0 Å². The van der Waals surface area contributed by atoms with E-state index >= 15 is 0 Å². The van der Waals surface area contributed by atoms with Gasteiger partial charge >= 0.3 is 0 Å². The second-order valence-electron chi connectivity index (χ2n) is 8.86. The zero-order valence-electron chi connectivity index (χ0n) is 18.6. The first kappa shape index (κ1) is 21.7. The number of nitrogens with zero attached hydrogens (tertiary/aromatic N) is 1. The van der Waals surface area contributed by atoms with E-state index in [9.17, 15) is 9.59 Å². The molecular formula is C26H30N2O2S. The molecule has 0 radical (unpaired) electrons. The van der Waals surface area contributed by atoms with Crippen molar-refractivity contribution in [2.24, 2.45) is 11.8 Å². The van der Waals surface area contributed by atoms with Crippen LogP contribution in [0.1, 0.15) is 54.6 Å². The summed E-state index contributed by atoms with van der Waals surface area (Å²) in [5.74, 6) is 0.999. The number of hydrogen-bond acceptors (Lipinski definition) is 3. The van der Waals surface area contributed by atoms with Crippen LogP contribution in [-0.2, 0) is 4.79 Å². The number of carbonyl (C=O) groups excluding carboxylic acids is 2. The number of aryl methyl sites for hydroxylation is 1. The maximum absolute atomic E-state index is 13.0. The van der Waals surface area contributed by atoms with Crippen molar-refractivity contribution < 1.29 is 9.59 Å². The summed E-state index contributed by atoms with van der Waals surface area (Å²) in [7, 11) is 1.78. The van der Waals surface area contributed by atoms with Crippen LogP contribution in [0, 0.1) is 18.8 Å². The van der Waals surface area contributed by atoms with Crippen LogP contribution < -0.4 is 10.2 Å². The molecule has 0 aromatic heterocycles. The van der Waals surface area contributed by atoms with Gasteiger partial charge in [0.1, 0.15) is 0 Å². The highest BCUT2D eigenvalue weighted by Crippen LogP contribution is 2.42. The fourth-order valence-electron chi connectivity index (χ4n) is 4.46. The van der Waals surface area contributed by atoms with Crippen LogP contribution in [0.15, 0.2) is 52.3 Å². The molecule has 31 heavy (non-hydrogen) atoms. The van der Waals surface area contributed by atoms with Crippen molar-refractivity contribution >= 4 is 35.3 Å². The lowest BCUT2D eigenvalue weighted by Gasteiger charge is -2.34. The predicted molar refractivity (Wildman–Crippen MR) is 128 cm³/mol. The SMILES string of the molecule is Cc1ccccc1/C=C1\Sc2ccc(C(=O)N[C@@H]3CCC[C@@H](C)[C@@H]3C)cc2N(C)C1=O. The van der Waals surface area contributed by atoms with Crippen molar-refractivity contribution in [3.63, 3.8) is 0 Å². The highest BCUT2D eigenvalue weighted by Gasteiger charge is 2.30. The molecule has 3 atom stereocenters. The van der Waals surface area contributed by atoms with Gasteiger partial charge in [-0.3, -0.25) is 9.59 Å². The van der Waals surface area contributed by atoms with Gasteiger partial charge in [-0.1, -0.05) is 62.7 Å². The average Bonchev–Trinajstić information content (AvgIpc) is 2.76. The number of amides is 2. The Labute approximate surface area is 189 Å². The van der Waals surface area contributed by atoms with Crippen molar-refractivity contribution in [1.82, 2.24) is 5.32 Å². The Morgan fingerprint density at radius 1 is 1.16 bits per heavy atom. The molecule has 4 nitrogen and oxygen atoms in total. The summed E-state index contributed by atoms with van der Waals surface area (Å²) in [5, 5.41) is 3.24. The quantitative estimate of drug-likeness (QED) is 0.634. The van der Waals surface area contributed by atoms with Crippen molar-refractivity contribution in [1.29, 1.82) is 0 Å². The summed E-state index contributed by atoms with van der Waals surface area (Å²) in [6.07, 6.45) is 5.37. The molecule has 0 saturated heterocycles. The van der Waals surface area contributed by atoms with E-state index in [1.165, 1.54) is 18.2 Å². The van der Waals surface area contributed by atoms with E-state index in [0.717, 1.165) is 34.6 Å². The first-order valence-corrected chi connectivity index (χ1v) is 11.8. The molecule has 1 heterocycles. The first-order chi connectivity index (χ1) is 14.8. The molecule has 162 valence electrons. The maximum Gasteiger partial charge on any atom is 0.264 e. The van der Waals surface area contributed by atoms with Crippen molar-refractivity contribution in [3.05, 3.63) is 64.1 Å². The zero-order valence-corrected chi connectivity index (χ0v) is 19.5. The summed E-state index contributed by atoms with van der Waals surface area (Å²) in [6, 6.07) is 13.9. The number of nitrogens with one attached hydrogen (secondary N) is 1. The summed E-state index contributed by atoms with van der Waals surface area (Å²) in [4.78, 5) is 29.3. The lowest BCUT2D eigenvalue weighted by atomic mass is 9.78. The van der Waals surface area contributed by atoms with E-state index in [0.29, 0.717) is 22.3 Å². The van der Waals surface area contributed by atoms with Crippen molar-refractivity contribution in [3.8, 4) is 0 Å². The monoisotopic (exact) mass is 434 g/mol. The first-order valence-electron chi connectivity index (χ1n) is 11.0. The molecule has 0 unspecified atom stereocenters. The Morgan fingerprint density at radius 3 is 2.71 bits per heavy atom. The molecule has 2 aromatic rings. The molecule has 2 amide bonds. The number of carbonyl (C=O) groups is 2. The topological polar surface area (TPSA) is 49.4 Å². The molecular weight excluding hydrogens is 404 g/mol. The second-order valence-corrected chi connectivity index (χ2v) is 9.94. The lowest BCUT2D eigenvalue weighted by Crippen LogP contribution is -2.43. The van der Waals surface area contributed by atoms with Gasteiger partial charge in [-0.2, -0.15) is 0 Å². The summed E-state index contributed by atoms with van der Waals surface area (Å²) < 4.78 is 0. The molecule has 1 aliphatic heterocycles. The van der Waals surface area contributed by atoms with Crippen molar-refractivity contribution in [2.75, 3.05) is 11.9 Å². The molecule has 5 heteroatoms. The van der Waals surface area contributed by atoms with Gasteiger partial charge in [0.2, 0.25) is 0 Å². The highest BCUT2D eigenvalue weighted by molar-refractivity contribution is 8.04. The molecule has 1 aliphatic carbocycles. The summed E-state index contributed by atoms with van der Waals surface area (Å²) >= 11 is 1.47. The van der Waals surface area contributed by atoms with Crippen LogP contribution in [0.2, 0.25) is 0 Å². The van der Waals surface area contributed by atoms with Gasteiger partial charge in [-0.05, 0) is 60.6 Å². The van der Waals surface area contributed by atoms with E-state index in [2.05, 4.69) is 19.2 Å². The van der Waals surface area contributed by atoms with Crippen LogP contribution in [0.25, 0.3) is 6.08 Å². The largest absolute Gasteiger partial charge is 0.349 e. The van der Waals surface area contributed by atoms with Crippen LogP contribution in [0.5, 0.6) is 0 Å². The van der Waals surface area contributed by atoms with Gasteiger partial charge in [-0.25, -0.2) is 0 Å². The van der Waals surface area contributed by atoms with E-state index in [-0.39, 0.29) is 17.9 Å². The molecule has 0 spiro atoms. The Morgan fingerprint density at radius 2 is 1.94 bits per heavy atom. The number of rotatable bonds is 3. The third-order valence-corrected chi connectivity index (χ3v) is 7.89. The Kier molecular flexibility index (Phi) is 6.24. The van der Waals surface area contributed by atoms with E-state index in [1.807, 2.05) is 55.5 Å². The molecule has 1 saturated carbocycles. The third-order valence-electron chi connectivity index (χ3n) is 6.82. The number of likely N-dealkylation sites (N-methyl/N-ethyl adjacent to an activating group) is 1. The predicted octanol–water partition coefficient (Wildman–Crippen LogP) is 5.66. The summed E-state index contributed by atoms with van der Waals surface area (Å²) in [6.45, 7) is 6.54. The minimum atomic E-state index is -0.0548. The standard InChI is InChI=1S/C26H30N2O2S/c1-16-9-7-11-21(18(16)3)27-25(29)20-12-13-23-22(14-20)28(4)26(30)24(31-23)15-19-10-6-5-8-17(19)2/h5-6,8,10,12-16,18,21H,7,9,11H2,1-4H3,(H,27,29)/b24-15-/t16-,18+,21-/m1/s1. The number of anilines is 1. The fourth-order valence-corrected chi connectivity index (χ4v) is 5.55. The van der Waals surface area contributed by atoms with Gasteiger partial charge in [0.05, 0.1) is 10.6 Å². The van der Waals surface area contributed by atoms with Gasteiger partial charge in [-0.15, -0.1) is 0 Å². The van der Waals surface area contributed by atoms with Crippen molar-refractivity contribution in [2.45, 2.75) is 51.0 Å². The van der Waals surface area contributed by atoms with Gasteiger partial charge in [0.25, 0.3) is 11.8 Å². The van der Waals surface area contributed by atoms with Crippen LogP contribution in [-0.4, -0.2) is 24.9 Å². The Bertz CT molecular complexity index is 1050. The second kappa shape index (κ2) is 8.91. The number of fused-ring (bicyclic) bond motifs is 1. The van der Waals surface area contributed by atoms with Gasteiger partial charge < -0.3 is 10.2 Å². The zero-order chi connectivity index (χ0) is 22.1. The minimum absolute atomic E-state index is 0.0481. The molecule has 0 bridgehead atoms. The van der Waals surface area contributed by atoms with E-state index in [4.69, 9.17) is 0 Å². The molecule has 2 aliphatic rings. The van der Waals surface area contributed by atoms with Gasteiger partial charge in [0, 0.05) is 23.5 Å². The number of hydrogen-bond donors (Lipinski definition) is 1.